The van der Waals surface area contributed by atoms with Gasteiger partial charge in [0.05, 0.1) is 11.4 Å². The van der Waals surface area contributed by atoms with Gasteiger partial charge in [-0.15, -0.1) is 0 Å². The molecule has 0 aliphatic carbocycles. The second-order valence-electron chi connectivity index (χ2n) is 5.97. The van der Waals surface area contributed by atoms with E-state index in [1.165, 1.54) is 11.1 Å². The van der Waals surface area contributed by atoms with E-state index in [1.54, 1.807) is 24.8 Å². The minimum absolute atomic E-state index is 0.938. The summed E-state index contributed by atoms with van der Waals surface area (Å²) in [5.74, 6) is 0. The number of hydrogen-bond acceptors (Lipinski definition) is 3. The summed E-state index contributed by atoms with van der Waals surface area (Å²) in [4.78, 5) is 13.1. The smallest absolute Gasteiger partial charge is 0.0716 e. The standard InChI is InChI=1S/C22H17N3/c1-16-3-2-4-19(13-16)20-14-21(17-5-9-23-10-6-17)25-22(15-20)18-7-11-24-12-8-18/h2-15H,1H3. The molecule has 3 aromatic heterocycles. The second kappa shape index (κ2) is 6.65. The van der Waals surface area contributed by atoms with Crippen molar-refractivity contribution in [2.24, 2.45) is 0 Å². The Morgan fingerprint density at radius 1 is 0.560 bits per heavy atom. The van der Waals surface area contributed by atoms with Crippen molar-refractivity contribution in [3.05, 3.63) is 91.0 Å². The molecule has 0 N–H and O–H groups in total. The van der Waals surface area contributed by atoms with Crippen LogP contribution in [-0.4, -0.2) is 15.0 Å². The Morgan fingerprint density at radius 3 is 1.64 bits per heavy atom. The SMILES string of the molecule is Cc1cccc(-c2cc(-c3ccncc3)nc(-c3ccncc3)c2)c1. The average Bonchev–Trinajstić information content (AvgIpc) is 2.69. The van der Waals surface area contributed by atoms with Crippen LogP contribution in [0.4, 0.5) is 0 Å². The van der Waals surface area contributed by atoms with Gasteiger partial charge in [-0.3, -0.25) is 9.97 Å². The third kappa shape index (κ3) is 3.31. The van der Waals surface area contributed by atoms with Crippen LogP contribution in [0.15, 0.2) is 85.5 Å². The molecule has 3 heteroatoms. The monoisotopic (exact) mass is 323 g/mol. The van der Waals surface area contributed by atoms with E-state index in [2.05, 4.69) is 53.3 Å². The fraction of sp³-hybridized carbons (Fsp3) is 0.0455. The molecule has 4 aromatic rings. The fourth-order valence-electron chi connectivity index (χ4n) is 2.86. The zero-order valence-corrected chi connectivity index (χ0v) is 13.9. The zero-order valence-electron chi connectivity index (χ0n) is 13.9. The lowest BCUT2D eigenvalue weighted by Gasteiger charge is -2.10. The van der Waals surface area contributed by atoms with Crippen molar-refractivity contribution in [1.29, 1.82) is 0 Å². The van der Waals surface area contributed by atoms with Crippen molar-refractivity contribution in [2.45, 2.75) is 6.92 Å². The van der Waals surface area contributed by atoms with Crippen LogP contribution in [0, 0.1) is 6.92 Å². The molecule has 1 aromatic carbocycles. The molecule has 4 rings (SSSR count). The molecule has 0 amide bonds. The molecule has 0 saturated heterocycles. The molecule has 3 nitrogen and oxygen atoms in total. The van der Waals surface area contributed by atoms with Gasteiger partial charge >= 0.3 is 0 Å². The van der Waals surface area contributed by atoms with E-state index >= 15 is 0 Å². The van der Waals surface area contributed by atoms with Crippen molar-refractivity contribution >= 4 is 0 Å². The van der Waals surface area contributed by atoms with Crippen LogP contribution in [0.5, 0.6) is 0 Å². The molecule has 0 unspecified atom stereocenters. The quantitative estimate of drug-likeness (QED) is 0.521. The summed E-state index contributed by atoms with van der Waals surface area (Å²) in [5, 5.41) is 0. The predicted octanol–water partition coefficient (Wildman–Crippen LogP) is 5.18. The third-order valence-corrected chi connectivity index (χ3v) is 4.13. The lowest BCUT2D eigenvalue weighted by molar-refractivity contribution is 1.27. The summed E-state index contributed by atoms with van der Waals surface area (Å²) in [7, 11) is 0. The minimum Gasteiger partial charge on any atom is -0.265 e. The number of aromatic nitrogens is 3. The van der Waals surface area contributed by atoms with Gasteiger partial charge in [0.1, 0.15) is 0 Å². The van der Waals surface area contributed by atoms with Crippen LogP contribution >= 0.6 is 0 Å². The van der Waals surface area contributed by atoms with Crippen LogP contribution in [0.1, 0.15) is 5.56 Å². The first-order valence-electron chi connectivity index (χ1n) is 8.19. The van der Waals surface area contributed by atoms with Crippen molar-refractivity contribution in [3.63, 3.8) is 0 Å². The van der Waals surface area contributed by atoms with Crippen LogP contribution < -0.4 is 0 Å². The van der Waals surface area contributed by atoms with E-state index in [-0.39, 0.29) is 0 Å². The van der Waals surface area contributed by atoms with Crippen molar-refractivity contribution in [1.82, 2.24) is 15.0 Å². The maximum absolute atomic E-state index is 4.87. The zero-order chi connectivity index (χ0) is 17.1. The van der Waals surface area contributed by atoms with Crippen molar-refractivity contribution in [3.8, 4) is 33.6 Å². The van der Waals surface area contributed by atoms with Gasteiger partial charge < -0.3 is 0 Å². The number of rotatable bonds is 3. The van der Waals surface area contributed by atoms with E-state index < -0.39 is 0 Å². The molecule has 120 valence electrons. The lowest BCUT2D eigenvalue weighted by Crippen LogP contribution is -1.91. The summed E-state index contributed by atoms with van der Waals surface area (Å²) in [6.45, 7) is 2.11. The summed E-state index contributed by atoms with van der Waals surface area (Å²) in [5.41, 5.74) is 7.57. The highest BCUT2D eigenvalue weighted by molar-refractivity contribution is 5.76. The minimum atomic E-state index is 0.938. The molecular weight excluding hydrogens is 306 g/mol. The molecule has 0 radical (unpaired) electrons. The number of benzene rings is 1. The highest BCUT2D eigenvalue weighted by Gasteiger charge is 2.09. The highest BCUT2D eigenvalue weighted by Crippen LogP contribution is 2.30. The second-order valence-corrected chi connectivity index (χ2v) is 5.97. The highest BCUT2D eigenvalue weighted by atomic mass is 14.7. The Kier molecular flexibility index (Phi) is 4.05. The van der Waals surface area contributed by atoms with Gasteiger partial charge in [-0.25, -0.2) is 4.98 Å². The summed E-state index contributed by atoms with van der Waals surface area (Å²) in [6.07, 6.45) is 7.18. The van der Waals surface area contributed by atoms with Crippen LogP contribution in [-0.2, 0) is 0 Å². The molecule has 0 bridgehead atoms. The van der Waals surface area contributed by atoms with Gasteiger partial charge in [0.25, 0.3) is 0 Å². The average molecular weight is 323 g/mol. The number of pyridine rings is 3. The number of hydrogen-bond donors (Lipinski definition) is 0. The van der Waals surface area contributed by atoms with E-state index in [0.29, 0.717) is 0 Å². The van der Waals surface area contributed by atoms with Gasteiger partial charge in [-0.05, 0) is 54.4 Å². The molecule has 0 spiro atoms. The molecule has 3 heterocycles. The maximum Gasteiger partial charge on any atom is 0.0716 e. The maximum atomic E-state index is 4.87. The fourth-order valence-corrected chi connectivity index (χ4v) is 2.86. The molecule has 0 saturated carbocycles. The molecule has 0 aliphatic heterocycles. The Bertz CT molecular complexity index is 938. The van der Waals surface area contributed by atoms with E-state index in [9.17, 15) is 0 Å². The molecule has 0 fully saturated rings. The first-order chi connectivity index (χ1) is 12.3. The molecule has 0 atom stereocenters. The topological polar surface area (TPSA) is 38.7 Å². The first-order valence-corrected chi connectivity index (χ1v) is 8.19. The number of nitrogens with zero attached hydrogens (tertiary/aromatic N) is 3. The van der Waals surface area contributed by atoms with Crippen LogP contribution in [0.25, 0.3) is 33.6 Å². The first kappa shape index (κ1) is 15.2. The lowest BCUT2D eigenvalue weighted by atomic mass is 9.99. The van der Waals surface area contributed by atoms with Crippen molar-refractivity contribution < 1.29 is 0 Å². The van der Waals surface area contributed by atoms with Gasteiger partial charge in [0, 0.05) is 35.9 Å². The summed E-state index contributed by atoms with van der Waals surface area (Å²) in [6, 6.07) is 20.7. The Morgan fingerprint density at radius 2 is 1.12 bits per heavy atom. The van der Waals surface area contributed by atoms with Gasteiger partial charge in [0.15, 0.2) is 0 Å². The van der Waals surface area contributed by atoms with Gasteiger partial charge in [-0.1, -0.05) is 29.8 Å². The Hall–Kier alpha value is -3.33. The molecular formula is C22H17N3. The summed E-state index contributed by atoms with van der Waals surface area (Å²) < 4.78 is 0. The van der Waals surface area contributed by atoms with Gasteiger partial charge in [0.2, 0.25) is 0 Å². The third-order valence-electron chi connectivity index (χ3n) is 4.13. The largest absolute Gasteiger partial charge is 0.265 e. The van der Waals surface area contributed by atoms with Gasteiger partial charge in [-0.2, -0.15) is 0 Å². The molecule has 25 heavy (non-hydrogen) atoms. The number of aryl methyl sites for hydroxylation is 1. The molecule has 0 aliphatic rings. The Balaban J connectivity index is 1.92. The van der Waals surface area contributed by atoms with E-state index in [0.717, 1.165) is 28.1 Å². The van der Waals surface area contributed by atoms with E-state index in [4.69, 9.17) is 4.98 Å². The van der Waals surface area contributed by atoms with E-state index in [1.807, 2.05) is 24.3 Å². The summed E-state index contributed by atoms with van der Waals surface area (Å²) >= 11 is 0. The predicted molar refractivity (Wildman–Crippen MR) is 101 cm³/mol. The normalized spacial score (nSPS) is 10.6. The van der Waals surface area contributed by atoms with Crippen LogP contribution in [0.3, 0.4) is 0 Å². The Labute approximate surface area is 147 Å². The van der Waals surface area contributed by atoms with Crippen LogP contribution in [0.2, 0.25) is 0 Å². The van der Waals surface area contributed by atoms with Crippen molar-refractivity contribution in [2.75, 3.05) is 0 Å².